The minimum absolute atomic E-state index is 0.00620. The second-order valence-corrected chi connectivity index (χ2v) is 12.3. The molecule has 198 valence electrons. The Hall–Kier alpha value is -3.25. The summed E-state index contributed by atoms with van der Waals surface area (Å²) in [5.74, 6) is 0.993. The molecule has 6 nitrogen and oxygen atoms in total. The molecule has 1 N–H and O–H groups in total. The highest BCUT2D eigenvalue weighted by Crippen LogP contribution is 2.53. The molecule has 1 aromatic heterocycles. The van der Waals surface area contributed by atoms with Gasteiger partial charge in [0.15, 0.2) is 5.78 Å². The van der Waals surface area contributed by atoms with Crippen molar-refractivity contribution < 1.29 is 9.59 Å². The lowest BCUT2D eigenvalue weighted by Crippen LogP contribution is -2.50. The van der Waals surface area contributed by atoms with Crippen LogP contribution in [-0.2, 0) is 11.2 Å². The van der Waals surface area contributed by atoms with E-state index in [0.29, 0.717) is 22.8 Å². The SMILES string of the molecule is CC(=O)NC1CCC2c3cc(C(=O)Cc4ccc(Cl)cc4)cc(-c4cnc(C)nc4)c3N(CC(C)(C)C)C12. The molecular formula is C31H35ClN4O2. The molecule has 1 saturated carbocycles. The van der Waals surface area contributed by atoms with Crippen LogP contribution in [-0.4, -0.2) is 40.3 Å². The Morgan fingerprint density at radius 2 is 1.76 bits per heavy atom. The monoisotopic (exact) mass is 530 g/mol. The van der Waals surface area contributed by atoms with Crippen molar-refractivity contribution in [3.63, 3.8) is 0 Å². The van der Waals surface area contributed by atoms with Gasteiger partial charge < -0.3 is 10.2 Å². The van der Waals surface area contributed by atoms with Gasteiger partial charge in [-0.3, -0.25) is 9.59 Å². The summed E-state index contributed by atoms with van der Waals surface area (Å²) < 4.78 is 0. The Kier molecular flexibility index (Phi) is 7.03. The van der Waals surface area contributed by atoms with Gasteiger partial charge in [0.05, 0.1) is 6.04 Å². The third kappa shape index (κ3) is 5.32. The van der Waals surface area contributed by atoms with Crippen LogP contribution in [0.15, 0.2) is 48.8 Å². The van der Waals surface area contributed by atoms with Crippen LogP contribution in [0.1, 0.15) is 73.8 Å². The number of ketones is 1. The van der Waals surface area contributed by atoms with Crippen LogP contribution in [0.4, 0.5) is 5.69 Å². The van der Waals surface area contributed by atoms with Crippen molar-refractivity contribution in [3.05, 3.63) is 76.3 Å². The first-order chi connectivity index (χ1) is 18.0. The second kappa shape index (κ2) is 10.1. The number of anilines is 1. The molecule has 5 rings (SSSR count). The van der Waals surface area contributed by atoms with E-state index in [-0.39, 0.29) is 35.1 Å². The van der Waals surface area contributed by atoms with Crippen LogP contribution in [0, 0.1) is 12.3 Å². The number of nitrogens with zero attached hydrogens (tertiary/aromatic N) is 3. The fraction of sp³-hybridized carbons (Fsp3) is 0.419. The first-order valence-corrected chi connectivity index (χ1v) is 13.7. The largest absolute Gasteiger partial charge is 0.365 e. The standard InChI is InChI=1S/C31H35ClN4O2/c1-18-33-15-22(16-34-18)25-13-21(28(38)12-20-6-8-23(32)9-7-20)14-26-24-10-11-27(35-19(2)37)30(24)36(29(25)26)17-31(3,4)5/h6-9,13-16,24,27,30H,10-12,17H2,1-5H3,(H,35,37). The van der Waals surface area contributed by atoms with E-state index in [0.717, 1.165) is 41.8 Å². The lowest BCUT2D eigenvalue weighted by Gasteiger charge is -2.37. The van der Waals surface area contributed by atoms with Crippen molar-refractivity contribution in [2.24, 2.45) is 5.41 Å². The smallest absolute Gasteiger partial charge is 0.217 e. The molecule has 1 aliphatic heterocycles. The maximum Gasteiger partial charge on any atom is 0.217 e. The van der Waals surface area contributed by atoms with Gasteiger partial charge in [0.2, 0.25) is 5.91 Å². The summed E-state index contributed by atoms with van der Waals surface area (Å²) in [7, 11) is 0. The molecule has 7 heteroatoms. The lowest BCUT2D eigenvalue weighted by molar-refractivity contribution is -0.119. The van der Waals surface area contributed by atoms with Gasteiger partial charge in [-0.25, -0.2) is 9.97 Å². The number of rotatable bonds is 6. The number of Topliss-reactive ketones (excluding diaryl/α,β-unsaturated/α-hetero) is 1. The Morgan fingerprint density at radius 1 is 1.08 bits per heavy atom. The number of carbonyl (C=O) groups is 2. The summed E-state index contributed by atoms with van der Waals surface area (Å²) in [6, 6.07) is 11.7. The highest BCUT2D eigenvalue weighted by atomic mass is 35.5. The van der Waals surface area contributed by atoms with E-state index in [2.05, 4.69) is 47.0 Å². The number of nitrogens with one attached hydrogen (secondary N) is 1. The number of aryl methyl sites for hydroxylation is 1. The van der Waals surface area contributed by atoms with E-state index in [1.165, 1.54) is 5.56 Å². The zero-order valence-corrected chi connectivity index (χ0v) is 23.5. The summed E-state index contributed by atoms with van der Waals surface area (Å²) in [6.07, 6.45) is 5.87. The van der Waals surface area contributed by atoms with Gasteiger partial charge >= 0.3 is 0 Å². The minimum atomic E-state index is -0.00620. The zero-order chi connectivity index (χ0) is 27.2. The van der Waals surface area contributed by atoms with E-state index in [1.807, 2.05) is 49.6 Å². The topological polar surface area (TPSA) is 75.2 Å². The van der Waals surface area contributed by atoms with Gasteiger partial charge in [0, 0.05) is 71.6 Å². The maximum atomic E-state index is 13.6. The van der Waals surface area contributed by atoms with Gasteiger partial charge in [0.25, 0.3) is 0 Å². The van der Waals surface area contributed by atoms with E-state index in [1.54, 1.807) is 6.92 Å². The lowest BCUT2D eigenvalue weighted by atomic mass is 9.90. The molecule has 0 saturated heterocycles. The predicted octanol–water partition coefficient (Wildman–Crippen LogP) is 6.15. The molecule has 0 spiro atoms. The number of carbonyl (C=O) groups excluding carboxylic acids is 2. The fourth-order valence-electron chi connectivity index (χ4n) is 6.08. The average molecular weight is 531 g/mol. The summed E-state index contributed by atoms with van der Waals surface area (Å²) >= 11 is 6.06. The Balaban J connectivity index is 1.64. The highest BCUT2D eigenvalue weighted by molar-refractivity contribution is 6.30. The van der Waals surface area contributed by atoms with Crippen molar-refractivity contribution in [2.45, 2.75) is 71.9 Å². The normalized spacial score (nSPS) is 20.3. The molecule has 1 amide bonds. The number of fused-ring (bicyclic) bond motifs is 3. The van der Waals surface area contributed by atoms with Crippen LogP contribution in [0.2, 0.25) is 5.02 Å². The number of benzene rings is 2. The molecule has 38 heavy (non-hydrogen) atoms. The van der Waals surface area contributed by atoms with Gasteiger partial charge in [-0.2, -0.15) is 0 Å². The Bertz CT molecular complexity index is 1360. The van der Waals surface area contributed by atoms with Crippen LogP contribution < -0.4 is 10.2 Å². The van der Waals surface area contributed by atoms with Crippen LogP contribution >= 0.6 is 11.6 Å². The molecule has 1 aliphatic carbocycles. The molecule has 2 aromatic carbocycles. The molecule has 1 fully saturated rings. The van der Waals surface area contributed by atoms with Crippen molar-refractivity contribution in [1.29, 1.82) is 0 Å². The number of halogens is 1. The third-order valence-electron chi connectivity index (χ3n) is 7.52. The average Bonchev–Trinajstić information content (AvgIpc) is 3.38. The number of hydrogen-bond donors (Lipinski definition) is 1. The fourth-order valence-corrected chi connectivity index (χ4v) is 6.21. The summed E-state index contributed by atoms with van der Waals surface area (Å²) in [5.41, 5.74) is 5.84. The minimum Gasteiger partial charge on any atom is -0.365 e. The summed E-state index contributed by atoms with van der Waals surface area (Å²) in [5, 5.41) is 3.88. The van der Waals surface area contributed by atoms with Gasteiger partial charge in [0.1, 0.15) is 5.82 Å². The molecule has 3 unspecified atom stereocenters. The number of aromatic nitrogens is 2. The first-order valence-electron chi connectivity index (χ1n) is 13.3. The molecule has 2 heterocycles. The summed E-state index contributed by atoms with van der Waals surface area (Å²) in [4.78, 5) is 37.2. The third-order valence-corrected chi connectivity index (χ3v) is 7.78. The molecule has 0 bridgehead atoms. The van der Waals surface area contributed by atoms with Crippen molar-refractivity contribution in [1.82, 2.24) is 15.3 Å². The van der Waals surface area contributed by atoms with Crippen molar-refractivity contribution in [2.75, 3.05) is 11.4 Å². The van der Waals surface area contributed by atoms with Crippen LogP contribution in [0.25, 0.3) is 11.1 Å². The van der Waals surface area contributed by atoms with Crippen molar-refractivity contribution >= 4 is 29.0 Å². The van der Waals surface area contributed by atoms with Crippen LogP contribution in [0.3, 0.4) is 0 Å². The number of amides is 1. The Morgan fingerprint density at radius 3 is 2.39 bits per heavy atom. The van der Waals surface area contributed by atoms with Gasteiger partial charge in [-0.15, -0.1) is 0 Å². The molecule has 2 aliphatic rings. The zero-order valence-electron chi connectivity index (χ0n) is 22.7. The second-order valence-electron chi connectivity index (χ2n) is 11.9. The van der Waals surface area contributed by atoms with Crippen molar-refractivity contribution in [3.8, 4) is 11.1 Å². The molecule has 3 atom stereocenters. The quantitative estimate of drug-likeness (QED) is 0.387. The Labute approximate surface area is 229 Å². The molecular weight excluding hydrogens is 496 g/mol. The van der Waals surface area contributed by atoms with Gasteiger partial charge in [-0.05, 0) is 60.6 Å². The van der Waals surface area contributed by atoms with Crippen LogP contribution in [0.5, 0.6) is 0 Å². The number of hydrogen-bond acceptors (Lipinski definition) is 5. The molecule has 0 radical (unpaired) electrons. The molecule has 3 aromatic rings. The van der Waals surface area contributed by atoms with Gasteiger partial charge in [-0.1, -0.05) is 44.5 Å². The predicted molar refractivity (Wildman–Crippen MR) is 152 cm³/mol. The highest BCUT2D eigenvalue weighted by Gasteiger charge is 2.49. The van der Waals surface area contributed by atoms with E-state index < -0.39 is 0 Å². The van der Waals surface area contributed by atoms with E-state index in [9.17, 15) is 9.59 Å². The summed E-state index contributed by atoms with van der Waals surface area (Å²) in [6.45, 7) is 11.0. The first kappa shape index (κ1) is 26.4. The van der Waals surface area contributed by atoms with E-state index >= 15 is 0 Å². The van der Waals surface area contributed by atoms with E-state index in [4.69, 9.17) is 11.6 Å². The maximum absolute atomic E-state index is 13.6.